The van der Waals surface area contributed by atoms with E-state index < -0.39 is 22.9 Å². The number of nitro benzene ring substituents is 1. The van der Waals surface area contributed by atoms with Gasteiger partial charge in [0, 0.05) is 24.9 Å². The normalized spacial score (nSPS) is 17.1. The Labute approximate surface area is 163 Å². The number of piperidine rings is 1. The van der Waals surface area contributed by atoms with E-state index in [1.54, 1.807) is 4.90 Å². The van der Waals surface area contributed by atoms with Gasteiger partial charge in [0.05, 0.1) is 17.9 Å². The number of nitrogens with zero attached hydrogens (tertiary/aromatic N) is 4. The zero-order chi connectivity index (χ0) is 21.0. The number of halogens is 3. The third-order valence-electron chi connectivity index (χ3n) is 4.43. The van der Waals surface area contributed by atoms with E-state index in [0.29, 0.717) is 24.9 Å². The fourth-order valence-corrected chi connectivity index (χ4v) is 2.99. The van der Waals surface area contributed by atoms with Crippen molar-refractivity contribution in [1.82, 2.24) is 14.9 Å². The van der Waals surface area contributed by atoms with E-state index >= 15 is 0 Å². The minimum Gasteiger partial charge on any atom is -0.458 e. The number of hydrogen-bond donors (Lipinski definition) is 0. The fourth-order valence-electron chi connectivity index (χ4n) is 2.99. The fraction of sp³-hybridized carbons (Fsp3) is 0.389. The monoisotopic (exact) mass is 410 g/mol. The number of carbonyl (C=O) groups excluding carboxylic acids is 1. The summed E-state index contributed by atoms with van der Waals surface area (Å²) in [5, 5.41) is 10.7. The summed E-state index contributed by atoms with van der Waals surface area (Å²) in [5.41, 5.74) is -0.525. The number of nitro groups is 1. The lowest BCUT2D eigenvalue weighted by Crippen LogP contribution is -2.45. The zero-order valence-electron chi connectivity index (χ0n) is 15.1. The number of aromatic nitrogens is 2. The molecule has 154 valence electrons. The summed E-state index contributed by atoms with van der Waals surface area (Å²) < 4.78 is 43.7. The topological polar surface area (TPSA) is 98.5 Å². The summed E-state index contributed by atoms with van der Waals surface area (Å²) in [6.45, 7) is 0.695. The molecule has 1 aliphatic rings. The van der Waals surface area contributed by atoms with Crippen LogP contribution in [0.1, 0.15) is 24.1 Å². The molecular formula is C18H17F3N4O4. The number of likely N-dealkylation sites (tertiary alicyclic amines) is 1. The molecule has 0 saturated carbocycles. The first-order valence-electron chi connectivity index (χ1n) is 8.80. The molecule has 8 nitrogen and oxygen atoms in total. The predicted octanol–water partition coefficient (Wildman–Crippen LogP) is 3.02. The van der Waals surface area contributed by atoms with Crippen molar-refractivity contribution in [3.8, 4) is 6.01 Å². The molecule has 0 spiro atoms. The van der Waals surface area contributed by atoms with Crippen LogP contribution in [-0.4, -0.2) is 44.9 Å². The molecule has 11 heteroatoms. The van der Waals surface area contributed by atoms with Crippen LogP contribution in [0.25, 0.3) is 0 Å². The summed E-state index contributed by atoms with van der Waals surface area (Å²) in [6, 6.07) is 6.07. The van der Waals surface area contributed by atoms with Crippen LogP contribution in [0.3, 0.4) is 0 Å². The van der Waals surface area contributed by atoms with Crippen molar-refractivity contribution in [2.45, 2.75) is 31.5 Å². The van der Waals surface area contributed by atoms with Crippen molar-refractivity contribution >= 4 is 11.6 Å². The second-order valence-electron chi connectivity index (χ2n) is 6.54. The number of alkyl halides is 3. The Hall–Kier alpha value is -3.24. The number of amides is 1. The number of carbonyl (C=O) groups is 1. The van der Waals surface area contributed by atoms with Crippen molar-refractivity contribution in [1.29, 1.82) is 0 Å². The molecule has 0 N–H and O–H groups in total. The van der Waals surface area contributed by atoms with Gasteiger partial charge >= 0.3 is 12.2 Å². The van der Waals surface area contributed by atoms with Crippen molar-refractivity contribution in [2.24, 2.45) is 0 Å². The van der Waals surface area contributed by atoms with Crippen molar-refractivity contribution in [2.75, 3.05) is 13.1 Å². The van der Waals surface area contributed by atoms with Crippen LogP contribution in [0.4, 0.5) is 18.9 Å². The maximum absolute atomic E-state index is 12.8. The van der Waals surface area contributed by atoms with Crippen LogP contribution >= 0.6 is 0 Å². The molecule has 2 aromatic rings. The molecule has 0 radical (unpaired) electrons. The molecule has 0 bridgehead atoms. The van der Waals surface area contributed by atoms with Gasteiger partial charge in [-0.05, 0) is 24.5 Å². The smallest absolute Gasteiger partial charge is 0.433 e. The van der Waals surface area contributed by atoms with Crippen LogP contribution in [0.5, 0.6) is 6.01 Å². The molecule has 1 fully saturated rings. The Morgan fingerprint density at radius 3 is 2.66 bits per heavy atom. The summed E-state index contributed by atoms with van der Waals surface area (Å²) in [4.78, 5) is 31.3. The highest BCUT2D eigenvalue weighted by atomic mass is 19.4. The predicted molar refractivity (Wildman–Crippen MR) is 94.1 cm³/mol. The molecule has 1 unspecified atom stereocenters. The van der Waals surface area contributed by atoms with E-state index in [1.807, 2.05) is 0 Å². The van der Waals surface area contributed by atoms with E-state index in [9.17, 15) is 28.1 Å². The second-order valence-corrected chi connectivity index (χ2v) is 6.54. The maximum Gasteiger partial charge on any atom is 0.433 e. The lowest BCUT2D eigenvalue weighted by Gasteiger charge is -2.32. The van der Waals surface area contributed by atoms with Gasteiger partial charge in [-0.3, -0.25) is 14.9 Å². The van der Waals surface area contributed by atoms with Crippen LogP contribution in [-0.2, 0) is 17.4 Å². The summed E-state index contributed by atoms with van der Waals surface area (Å²) in [5.74, 6) is -0.197. The third kappa shape index (κ3) is 5.39. The van der Waals surface area contributed by atoms with Gasteiger partial charge in [0.1, 0.15) is 6.10 Å². The highest BCUT2D eigenvalue weighted by Gasteiger charge is 2.33. The molecule has 1 atom stereocenters. The number of rotatable bonds is 5. The van der Waals surface area contributed by atoms with Crippen LogP contribution in [0, 0.1) is 10.1 Å². The van der Waals surface area contributed by atoms with Gasteiger partial charge < -0.3 is 9.64 Å². The Morgan fingerprint density at radius 2 is 2.00 bits per heavy atom. The largest absolute Gasteiger partial charge is 0.458 e. The summed E-state index contributed by atoms with van der Waals surface area (Å²) in [6.07, 6.45) is -2.90. The number of non-ortho nitro benzene ring substituents is 1. The molecule has 0 aliphatic carbocycles. The first-order valence-corrected chi connectivity index (χ1v) is 8.80. The molecule has 1 aromatic carbocycles. The van der Waals surface area contributed by atoms with E-state index in [1.165, 1.54) is 24.3 Å². The van der Waals surface area contributed by atoms with E-state index in [-0.39, 0.29) is 30.6 Å². The summed E-state index contributed by atoms with van der Waals surface area (Å²) >= 11 is 0. The van der Waals surface area contributed by atoms with Crippen LogP contribution in [0.15, 0.2) is 36.5 Å². The molecule has 2 heterocycles. The van der Waals surface area contributed by atoms with Gasteiger partial charge in [-0.1, -0.05) is 12.1 Å². The standard InChI is InChI=1S/C18H17F3N4O4/c19-18(20,21)15-7-8-22-17(23-15)29-14-2-1-9-24(11-14)16(26)10-12-3-5-13(6-4-12)25(27)28/h3-8,14H,1-2,9-11H2. The van der Waals surface area contributed by atoms with E-state index in [2.05, 4.69) is 9.97 Å². The van der Waals surface area contributed by atoms with Gasteiger partial charge in [-0.25, -0.2) is 4.98 Å². The average Bonchev–Trinajstić information content (AvgIpc) is 2.68. The lowest BCUT2D eigenvalue weighted by atomic mass is 10.1. The van der Waals surface area contributed by atoms with Gasteiger partial charge in [0.2, 0.25) is 5.91 Å². The Bertz CT molecular complexity index is 889. The third-order valence-corrected chi connectivity index (χ3v) is 4.43. The summed E-state index contributed by atoms with van der Waals surface area (Å²) in [7, 11) is 0. The Kier molecular flexibility index (Phi) is 5.95. The van der Waals surface area contributed by atoms with Crippen LogP contribution < -0.4 is 4.74 Å². The minimum absolute atomic E-state index is 0.0603. The number of ether oxygens (including phenoxy) is 1. The average molecular weight is 410 g/mol. The number of hydrogen-bond acceptors (Lipinski definition) is 6. The molecule has 1 saturated heterocycles. The van der Waals surface area contributed by atoms with Crippen molar-refractivity contribution in [3.05, 3.63) is 57.9 Å². The molecule has 1 amide bonds. The minimum atomic E-state index is -4.60. The molecular weight excluding hydrogens is 393 g/mol. The van der Waals surface area contributed by atoms with Gasteiger partial charge in [-0.15, -0.1) is 0 Å². The van der Waals surface area contributed by atoms with Crippen molar-refractivity contribution < 1.29 is 27.6 Å². The van der Waals surface area contributed by atoms with E-state index in [4.69, 9.17) is 4.74 Å². The SMILES string of the molecule is O=C(Cc1ccc([N+](=O)[O-])cc1)N1CCCC(Oc2nccc(C(F)(F)F)n2)C1. The first kappa shape index (κ1) is 20.5. The van der Waals surface area contributed by atoms with Crippen LogP contribution in [0.2, 0.25) is 0 Å². The van der Waals surface area contributed by atoms with Gasteiger partial charge in [0.25, 0.3) is 5.69 Å². The van der Waals surface area contributed by atoms with Crippen molar-refractivity contribution in [3.63, 3.8) is 0 Å². The molecule has 1 aliphatic heterocycles. The first-order chi connectivity index (χ1) is 13.7. The molecule has 1 aromatic heterocycles. The maximum atomic E-state index is 12.8. The quantitative estimate of drug-likeness (QED) is 0.555. The highest BCUT2D eigenvalue weighted by Crippen LogP contribution is 2.28. The lowest BCUT2D eigenvalue weighted by molar-refractivity contribution is -0.384. The highest BCUT2D eigenvalue weighted by molar-refractivity contribution is 5.79. The van der Waals surface area contributed by atoms with Gasteiger partial charge in [-0.2, -0.15) is 18.2 Å². The molecule has 29 heavy (non-hydrogen) atoms. The Balaban J connectivity index is 1.60. The zero-order valence-corrected chi connectivity index (χ0v) is 15.1. The number of benzene rings is 1. The molecule has 3 rings (SSSR count). The van der Waals surface area contributed by atoms with Gasteiger partial charge in [0.15, 0.2) is 5.69 Å². The Morgan fingerprint density at radius 1 is 1.28 bits per heavy atom. The van der Waals surface area contributed by atoms with E-state index in [0.717, 1.165) is 12.3 Å². The second kappa shape index (κ2) is 8.41.